The van der Waals surface area contributed by atoms with E-state index in [4.69, 9.17) is 5.11 Å². The number of hydrogen-bond donors (Lipinski definition) is 1. The molecule has 0 spiro atoms. The van der Waals surface area contributed by atoms with Crippen molar-refractivity contribution in [2.24, 2.45) is 0 Å². The van der Waals surface area contributed by atoms with E-state index in [1.807, 2.05) is 18.4 Å². The normalized spacial score (nSPS) is 10.6. The van der Waals surface area contributed by atoms with Crippen LogP contribution in [0, 0.1) is 6.92 Å². The van der Waals surface area contributed by atoms with Crippen molar-refractivity contribution in [3.63, 3.8) is 0 Å². The SMILES string of the molecule is Cc1cc(C=CC(=O)O)cs1. The van der Waals surface area contributed by atoms with Crippen molar-refractivity contribution in [3.8, 4) is 0 Å². The average Bonchev–Trinajstić information content (AvgIpc) is 2.31. The molecular weight excluding hydrogens is 160 g/mol. The Morgan fingerprint density at radius 1 is 1.73 bits per heavy atom. The molecule has 0 aliphatic heterocycles. The van der Waals surface area contributed by atoms with E-state index >= 15 is 0 Å². The third kappa shape index (κ3) is 2.55. The van der Waals surface area contributed by atoms with E-state index in [0.717, 1.165) is 11.6 Å². The van der Waals surface area contributed by atoms with Gasteiger partial charge in [0.15, 0.2) is 0 Å². The first kappa shape index (κ1) is 8.01. The minimum absolute atomic E-state index is 0.908. The van der Waals surface area contributed by atoms with Gasteiger partial charge in [0.25, 0.3) is 0 Å². The van der Waals surface area contributed by atoms with E-state index in [1.54, 1.807) is 17.4 Å². The van der Waals surface area contributed by atoms with Gasteiger partial charge in [-0.2, -0.15) is 0 Å². The first-order valence-electron chi connectivity index (χ1n) is 3.14. The molecule has 2 nitrogen and oxygen atoms in total. The topological polar surface area (TPSA) is 37.3 Å². The highest BCUT2D eigenvalue weighted by Gasteiger charge is 1.91. The fourth-order valence-corrected chi connectivity index (χ4v) is 1.39. The van der Waals surface area contributed by atoms with Gasteiger partial charge < -0.3 is 5.11 Å². The van der Waals surface area contributed by atoms with Gasteiger partial charge in [0.2, 0.25) is 0 Å². The van der Waals surface area contributed by atoms with E-state index < -0.39 is 5.97 Å². The van der Waals surface area contributed by atoms with Crippen molar-refractivity contribution in [3.05, 3.63) is 28.0 Å². The highest BCUT2D eigenvalue weighted by Crippen LogP contribution is 2.13. The highest BCUT2D eigenvalue weighted by atomic mass is 32.1. The summed E-state index contributed by atoms with van der Waals surface area (Å²) >= 11 is 1.61. The van der Waals surface area contributed by atoms with Crippen LogP contribution in [0.1, 0.15) is 10.4 Å². The van der Waals surface area contributed by atoms with Crippen molar-refractivity contribution < 1.29 is 9.90 Å². The molecule has 11 heavy (non-hydrogen) atoms. The van der Waals surface area contributed by atoms with E-state index in [9.17, 15) is 4.79 Å². The predicted molar refractivity (Wildman–Crippen MR) is 45.7 cm³/mol. The van der Waals surface area contributed by atoms with Gasteiger partial charge in [-0.15, -0.1) is 11.3 Å². The standard InChI is InChI=1S/C8H8O2S/c1-6-4-7(5-11-6)2-3-8(9)10/h2-5H,1H3,(H,9,10). The Balaban J connectivity index is 2.71. The fourth-order valence-electron chi connectivity index (χ4n) is 0.719. The van der Waals surface area contributed by atoms with Gasteiger partial charge in [-0.05, 0) is 30.0 Å². The zero-order valence-corrected chi connectivity index (χ0v) is 6.89. The second-order valence-corrected chi connectivity index (χ2v) is 3.28. The molecule has 0 aromatic carbocycles. The molecule has 0 bridgehead atoms. The third-order valence-corrected chi connectivity index (χ3v) is 2.05. The zero-order chi connectivity index (χ0) is 8.27. The van der Waals surface area contributed by atoms with Crippen molar-refractivity contribution in [1.29, 1.82) is 0 Å². The van der Waals surface area contributed by atoms with Gasteiger partial charge in [0.05, 0.1) is 0 Å². The lowest BCUT2D eigenvalue weighted by molar-refractivity contribution is -0.131. The van der Waals surface area contributed by atoms with Gasteiger partial charge in [-0.1, -0.05) is 0 Å². The summed E-state index contributed by atoms with van der Waals surface area (Å²) in [6, 6.07) is 1.95. The number of carboxylic acids is 1. The maximum Gasteiger partial charge on any atom is 0.328 e. The summed E-state index contributed by atoms with van der Waals surface area (Å²) in [5.74, 6) is -0.908. The molecule has 58 valence electrons. The molecule has 1 N–H and O–H groups in total. The Hall–Kier alpha value is -1.09. The Morgan fingerprint density at radius 3 is 2.91 bits per heavy atom. The molecular formula is C8H8O2S. The monoisotopic (exact) mass is 168 g/mol. The van der Waals surface area contributed by atoms with Crippen LogP contribution < -0.4 is 0 Å². The van der Waals surface area contributed by atoms with E-state index in [2.05, 4.69) is 0 Å². The smallest absolute Gasteiger partial charge is 0.328 e. The molecule has 1 rings (SSSR count). The van der Waals surface area contributed by atoms with Gasteiger partial charge >= 0.3 is 5.97 Å². The van der Waals surface area contributed by atoms with Gasteiger partial charge in [-0.3, -0.25) is 0 Å². The van der Waals surface area contributed by atoms with Crippen LogP contribution in [0.4, 0.5) is 0 Å². The maximum absolute atomic E-state index is 10.1. The summed E-state index contributed by atoms with van der Waals surface area (Å²) in [6.07, 6.45) is 2.73. The number of thiophene rings is 1. The maximum atomic E-state index is 10.1. The van der Waals surface area contributed by atoms with Crippen LogP contribution in [-0.2, 0) is 4.79 Å². The van der Waals surface area contributed by atoms with Crippen LogP contribution in [-0.4, -0.2) is 11.1 Å². The summed E-state index contributed by atoms with van der Waals surface area (Å²) in [5, 5.41) is 10.2. The van der Waals surface area contributed by atoms with Crippen LogP contribution in [0.3, 0.4) is 0 Å². The van der Waals surface area contributed by atoms with Gasteiger partial charge in [-0.25, -0.2) is 4.79 Å². The summed E-state index contributed by atoms with van der Waals surface area (Å²) in [7, 11) is 0. The molecule has 0 saturated carbocycles. The molecule has 0 fully saturated rings. The zero-order valence-electron chi connectivity index (χ0n) is 6.07. The number of aliphatic carboxylic acids is 1. The van der Waals surface area contributed by atoms with Crippen molar-refractivity contribution in [2.75, 3.05) is 0 Å². The average molecular weight is 168 g/mol. The quantitative estimate of drug-likeness (QED) is 0.687. The first-order valence-corrected chi connectivity index (χ1v) is 4.02. The number of rotatable bonds is 2. The van der Waals surface area contributed by atoms with Gasteiger partial charge in [0.1, 0.15) is 0 Å². The molecule has 0 amide bonds. The van der Waals surface area contributed by atoms with E-state index in [0.29, 0.717) is 0 Å². The summed E-state index contributed by atoms with van der Waals surface area (Å²) in [6.45, 7) is 1.99. The molecule has 0 radical (unpaired) electrons. The first-order chi connectivity index (χ1) is 5.18. The molecule has 3 heteroatoms. The fraction of sp³-hybridized carbons (Fsp3) is 0.125. The second-order valence-electron chi connectivity index (χ2n) is 2.16. The Kier molecular flexibility index (Phi) is 2.44. The molecule has 1 heterocycles. The van der Waals surface area contributed by atoms with Crippen LogP contribution in [0.25, 0.3) is 6.08 Å². The molecule has 0 unspecified atom stereocenters. The lowest BCUT2D eigenvalue weighted by atomic mass is 10.3. The lowest BCUT2D eigenvalue weighted by Gasteiger charge is -1.79. The van der Waals surface area contributed by atoms with Crippen LogP contribution in [0.5, 0.6) is 0 Å². The number of carbonyl (C=O) groups is 1. The Morgan fingerprint density at radius 2 is 2.45 bits per heavy atom. The molecule has 1 aromatic rings. The summed E-state index contributed by atoms with van der Waals surface area (Å²) < 4.78 is 0. The second kappa shape index (κ2) is 3.34. The lowest BCUT2D eigenvalue weighted by Crippen LogP contribution is -1.84. The number of aryl methyl sites for hydroxylation is 1. The predicted octanol–water partition coefficient (Wildman–Crippen LogP) is 2.15. The van der Waals surface area contributed by atoms with Crippen molar-refractivity contribution in [2.45, 2.75) is 6.92 Å². The minimum atomic E-state index is -0.908. The third-order valence-electron chi connectivity index (χ3n) is 1.17. The van der Waals surface area contributed by atoms with Crippen molar-refractivity contribution >= 4 is 23.4 Å². The minimum Gasteiger partial charge on any atom is -0.478 e. The number of hydrogen-bond acceptors (Lipinski definition) is 2. The Bertz CT molecular complexity index is 286. The molecule has 0 saturated heterocycles. The van der Waals surface area contributed by atoms with E-state index in [-0.39, 0.29) is 0 Å². The van der Waals surface area contributed by atoms with Crippen LogP contribution in [0.2, 0.25) is 0 Å². The largest absolute Gasteiger partial charge is 0.478 e. The Labute approximate surface area is 68.8 Å². The molecule has 0 aliphatic carbocycles. The van der Waals surface area contributed by atoms with Crippen LogP contribution in [0.15, 0.2) is 17.5 Å². The van der Waals surface area contributed by atoms with Gasteiger partial charge in [0, 0.05) is 11.0 Å². The molecule has 0 atom stereocenters. The van der Waals surface area contributed by atoms with Crippen LogP contribution >= 0.6 is 11.3 Å². The molecule has 1 aromatic heterocycles. The number of carboxylic acid groups (broad SMARTS) is 1. The van der Waals surface area contributed by atoms with E-state index in [1.165, 1.54) is 4.88 Å². The summed E-state index contributed by atoms with van der Waals surface area (Å²) in [4.78, 5) is 11.3. The molecule has 0 aliphatic rings. The highest BCUT2D eigenvalue weighted by molar-refractivity contribution is 7.10. The van der Waals surface area contributed by atoms with Crippen molar-refractivity contribution in [1.82, 2.24) is 0 Å². The summed E-state index contributed by atoms with van der Waals surface area (Å²) in [5.41, 5.74) is 0.954.